The highest BCUT2D eigenvalue weighted by Gasteiger charge is 2.30. The van der Waals surface area contributed by atoms with Gasteiger partial charge in [-0.3, -0.25) is 9.59 Å². The van der Waals surface area contributed by atoms with Crippen molar-refractivity contribution in [3.05, 3.63) is 0 Å². The number of carbonyl (C=O) groups is 2. The SMILES string of the molecule is CCC(=O)NC[C@@H]1CCCC[C@@H]1C(=O)O. The summed E-state index contributed by atoms with van der Waals surface area (Å²) >= 11 is 0. The monoisotopic (exact) mass is 213 g/mol. The molecule has 1 aliphatic rings. The molecule has 0 unspecified atom stereocenters. The Balaban J connectivity index is 2.42. The lowest BCUT2D eigenvalue weighted by Gasteiger charge is -2.28. The van der Waals surface area contributed by atoms with Crippen molar-refractivity contribution in [3.63, 3.8) is 0 Å². The van der Waals surface area contributed by atoms with Crippen LogP contribution in [0, 0.1) is 11.8 Å². The Morgan fingerprint density at radius 1 is 1.33 bits per heavy atom. The van der Waals surface area contributed by atoms with Crippen LogP contribution in [0.15, 0.2) is 0 Å². The number of hydrogen-bond acceptors (Lipinski definition) is 2. The summed E-state index contributed by atoms with van der Waals surface area (Å²) in [5.74, 6) is -0.863. The number of aliphatic carboxylic acids is 1. The average molecular weight is 213 g/mol. The first-order chi connectivity index (χ1) is 7.15. The quantitative estimate of drug-likeness (QED) is 0.742. The van der Waals surface area contributed by atoms with E-state index >= 15 is 0 Å². The number of nitrogens with one attached hydrogen (secondary N) is 1. The molecule has 1 rings (SSSR count). The van der Waals surface area contributed by atoms with E-state index in [9.17, 15) is 9.59 Å². The minimum Gasteiger partial charge on any atom is -0.481 e. The van der Waals surface area contributed by atoms with Crippen LogP contribution in [0.3, 0.4) is 0 Å². The van der Waals surface area contributed by atoms with E-state index in [1.807, 2.05) is 0 Å². The van der Waals surface area contributed by atoms with Gasteiger partial charge < -0.3 is 10.4 Å². The molecule has 0 aromatic rings. The molecule has 0 aromatic heterocycles. The zero-order chi connectivity index (χ0) is 11.3. The van der Waals surface area contributed by atoms with Gasteiger partial charge in [-0.25, -0.2) is 0 Å². The molecular weight excluding hydrogens is 194 g/mol. The lowest BCUT2D eigenvalue weighted by atomic mass is 9.79. The lowest BCUT2D eigenvalue weighted by molar-refractivity contribution is -0.145. The number of carboxylic acids is 1. The lowest BCUT2D eigenvalue weighted by Crippen LogP contribution is -2.36. The predicted molar refractivity (Wildman–Crippen MR) is 56.4 cm³/mol. The second-order valence-electron chi connectivity index (χ2n) is 4.15. The molecule has 1 aliphatic carbocycles. The molecule has 0 heterocycles. The molecule has 4 nitrogen and oxygen atoms in total. The van der Waals surface area contributed by atoms with Crippen LogP contribution in [0.5, 0.6) is 0 Å². The van der Waals surface area contributed by atoms with Crippen LogP contribution in [0.4, 0.5) is 0 Å². The third-order valence-corrected chi connectivity index (χ3v) is 3.11. The fraction of sp³-hybridized carbons (Fsp3) is 0.818. The first kappa shape index (κ1) is 12.0. The molecule has 0 radical (unpaired) electrons. The summed E-state index contributed by atoms with van der Waals surface area (Å²) in [4.78, 5) is 22.0. The maximum Gasteiger partial charge on any atom is 0.306 e. The molecule has 2 N–H and O–H groups in total. The Morgan fingerprint density at radius 3 is 2.60 bits per heavy atom. The van der Waals surface area contributed by atoms with Gasteiger partial charge in [0.15, 0.2) is 0 Å². The van der Waals surface area contributed by atoms with Crippen LogP contribution < -0.4 is 5.32 Å². The molecule has 2 atom stereocenters. The van der Waals surface area contributed by atoms with Crippen LogP contribution in [0.1, 0.15) is 39.0 Å². The Hall–Kier alpha value is -1.06. The fourth-order valence-corrected chi connectivity index (χ4v) is 2.15. The highest BCUT2D eigenvalue weighted by molar-refractivity contribution is 5.75. The molecule has 1 saturated carbocycles. The van der Waals surface area contributed by atoms with E-state index in [1.165, 1.54) is 0 Å². The Bertz CT molecular complexity index is 240. The van der Waals surface area contributed by atoms with Gasteiger partial charge in [-0.2, -0.15) is 0 Å². The van der Waals surface area contributed by atoms with Gasteiger partial charge in [0, 0.05) is 13.0 Å². The number of carbonyl (C=O) groups excluding carboxylic acids is 1. The van der Waals surface area contributed by atoms with Crippen molar-refractivity contribution in [2.45, 2.75) is 39.0 Å². The van der Waals surface area contributed by atoms with E-state index < -0.39 is 5.97 Å². The molecule has 1 amide bonds. The van der Waals surface area contributed by atoms with Crippen molar-refractivity contribution in [2.24, 2.45) is 11.8 Å². The predicted octanol–water partition coefficient (Wildman–Crippen LogP) is 1.40. The highest BCUT2D eigenvalue weighted by atomic mass is 16.4. The fourth-order valence-electron chi connectivity index (χ4n) is 2.15. The molecule has 0 aromatic carbocycles. The Kier molecular flexibility index (Phi) is 4.59. The normalized spacial score (nSPS) is 25.9. The molecule has 1 fully saturated rings. The standard InChI is InChI=1S/C11H19NO3/c1-2-10(13)12-7-8-5-3-4-6-9(8)11(14)15/h8-9H,2-7H2,1H3,(H,12,13)(H,14,15)/t8-,9-/m0/s1. The van der Waals surface area contributed by atoms with Crippen molar-refractivity contribution in [1.29, 1.82) is 0 Å². The smallest absolute Gasteiger partial charge is 0.306 e. The van der Waals surface area contributed by atoms with Crippen LogP contribution >= 0.6 is 0 Å². The largest absolute Gasteiger partial charge is 0.481 e. The van der Waals surface area contributed by atoms with Gasteiger partial charge in [0.1, 0.15) is 0 Å². The molecular formula is C11H19NO3. The summed E-state index contributed by atoms with van der Waals surface area (Å²) in [6, 6.07) is 0. The van der Waals surface area contributed by atoms with Gasteiger partial charge in [0.25, 0.3) is 0 Å². The molecule has 0 spiro atoms. The minimum absolute atomic E-state index is 0.00436. The minimum atomic E-state index is -0.717. The van der Waals surface area contributed by atoms with Gasteiger partial charge in [-0.05, 0) is 18.8 Å². The first-order valence-corrected chi connectivity index (χ1v) is 5.64. The van der Waals surface area contributed by atoms with E-state index in [4.69, 9.17) is 5.11 Å². The van der Waals surface area contributed by atoms with E-state index in [0.717, 1.165) is 25.7 Å². The van der Waals surface area contributed by atoms with Gasteiger partial charge in [-0.15, -0.1) is 0 Å². The van der Waals surface area contributed by atoms with Gasteiger partial charge >= 0.3 is 5.97 Å². The van der Waals surface area contributed by atoms with Crippen LogP contribution in [-0.2, 0) is 9.59 Å². The zero-order valence-corrected chi connectivity index (χ0v) is 9.16. The van der Waals surface area contributed by atoms with Crippen molar-refractivity contribution in [3.8, 4) is 0 Å². The summed E-state index contributed by atoms with van der Waals surface area (Å²) in [5, 5.41) is 11.8. The topological polar surface area (TPSA) is 66.4 Å². The highest BCUT2D eigenvalue weighted by Crippen LogP contribution is 2.29. The maximum atomic E-state index is 11.1. The average Bonchev–Trinajstić information content (AvgIpc) is 2.26. The molecule has 0 saturated heterocycles. The summed E-state index contributed by atoms with van der Waals surface area (Å²) in [7, 11) is 0. The second kappa shape index (κ2) is 5.73. The van der Waals surface area contributed by atoms with Crippen LogP contribution in [0.25, 0.3) is 0 Å². The molecule has 15 heavy (non-hydrogen) atoms. The van der Waals surface area contributed by atoms with E-state index in [1.54, 1.807) is 6.92 Å². The van der Waals surface area contributed by atoms with E-state index in [2.05, 4.69) is 5.32 Å². The van der Waals surface area contributed by atoms with Crippen molar-refractivity contribution >= 4 is 11.9 Å². The second-order valence-corrected chi connectivity index (χ2v) is 4.15. The molecule has 4 heteroatoms. The molecule has 0 aliphatic heterocycles. The number of hydrogen-bond donors (Lipinski definition) is 2. The number of amides is 1. The van der Waals surface area contributed by atoms with Crippen LogP contribution in [-0.4, -0.2) is 23.5 Å². The van der Waals surface area contributed by atoms with Crippen molar-refractivity contribution in [2.75, 3.05) is 6.54 Å². The van der Waals surface area contributed by atoms with Gasteiger partial charge in [-0.1, -0.05) is 19.8 Å². The van der Waals surface area contributed by atoms with Crippen molar-refractivity contribution in [1.82, 2.24) is 5.32 Å². The molecule has 0 bridgehead atoms. The Morgan fingerprint density at radius 2 is 2.00 bits per heavy atom. The molecule has 86 valence electrons. The zero-order valence-electron chi connectivity index (χ0n) is 9.16. The summed E-state index contributed by atoms with van der Waals surface area (Å²) in [5.41, 5.74) is 0. The summed E-state index contributed by atoms with van der Waals surface area (Å²) in [6.45, 7) is 2.31. The summed E-state index contributed by atoms with van der Waals surface area (Å²) in [6.07, 6.45) is 4.21. The summed E-state index contributed by atoms with van der Waals surface area (Å²) < 4.78 is 0. The third-order valence-electron chi connectivity index (χ3n) is 3.11. The Labute approximate surface area is 90.0 Å². The maximum absolute atomic E-state index is 11.1. The van der Waals surface area contributed by atoms with E-state index in [0.29, 0.717) is 13.0 Å². The van der Waals surface area contributed by atoms with Gasteiger partial charge in [0.05, 0.1) is 5.92 Å². The van der Waals surface area contributed by atoms with Crippen LogP contribution in [0.2, 0.25) is 0 Å². The first-order valence-electron chi connectivity index (χ1n) is 5.64. The number of rotatable bonds is 4. The van der Waals surface area contributed by atoms with Gasteiger partial charge in [0.2, 0.25) is 5.91 Å². The van der Waals surface area contributed by atoms with Crippen molar-refractivity contribution < 1.29 is 14.7 Å². The number of carboxylic acid groups (broad SMARTS) is 1. The van der Waals surface area contributed by atoms with E-state index in [-0.39, 0.29) is 17.7 Å². The third kappa shape index (κ3) is 3.53.